The number of amides is 3. The molecule has 1 aliphatic heterocycles. The van der Waals surface area contributed by atoms with Gasteiger partial charge in [0.1, 0.15) is 12.4 Å². The third-order valence-corrected chi connectivity index (χ3v) is 5.01. The average molecular weight is 412 g/mol. The Bertz CT molecular complexity index is 1010. The molecule has 29 heavy (non-hydrogen) atoms. The maximum absolute atomic E-state index is 12.8. The van der Waals surface area contributed by atoms with Gasteiger partial charge in [-0.05, 0) is 59.7 Å². The summed E-state index contributed by atoms with van der Waals surface area (Å²) in [5, 5.41) is 17.1. The van der Waals surface area contributed by atoms with Crippen LogP contribution in [0.15, 0.2) is 54.9 Å². The Labute approximate surface area is 171 Å². The molecule has 10 heteroatoms. The molecule has 1 saturated heterocycles. The third-order valence-electron chi connectivity index (χ3n) is 4.68. The van der Waals surface area contributed by atoms with Crippen molar-refractivity contribution in [2.75, 3.05) is 17.2 Å². The van der Waals surface area contributed by atoms with Crippen molar-refractivity contribution in [1.82, 2.24) is 25.1 Å². The normalized spacial score (nSPS) is 15.9. The smallest absolute Gasteiger partial charge is 0.322 e. The Hall–Kier alpha value is -3.46. The van der Waals surface area contributed by atoms with Crippen LogP contribution in [0.2, 0.25) is 5.02 Å². The number of rotatable bonds is 4. The van der Waals surface area contributed by atoms with E-state index in [1.165, 1.54) is 15.9 Å². The molecule has 0 radical (unpaired) electrons. The topological polar surface area (TPSA) is 105 Å². The minimum Gasteiger partial charge on any atom is -0.324 e. The second-order valence-corrected chi connectivity index (χ2v) is 6.96. The summed E-state index contributed by atoms with van der Waals surface area (Å²) in [6.07, 6.45) is 2.85. The minimum absolute atomic E-state index is 0.230. The van der Waals surface area contributed by atoms with Gasteiger partial charge < -0.3 is 15.5 Å². The molecule has 9 nitrogen and oxygen atoms in total. The van der Waals surface area contributed by atoms with Crippen LogP contribution in [0.3, 0.4) is 0 Å². The van der Waals surface area contributed by atoms with E-state index in [2.05, 4.69) is 26.2 Å². The van der Waals surface area contributed by atoms with E-state index in [0.29, 0.717) is 29.4 Å². The van der Waals surface area contributed by atoms with Gasteiger partial charge in [-0.25, -0.2) is 9.48 Å². The van der Waals surface area contributed by atoms with E-state index in [-0.39, 0.29) is 11.9 Å². The van der Waals surface area contributed by atoms with E-state index in [9.17, 15) is 9.59 Å². The van der Waals surface area contributed by atoms with Crippen LogP contribution in [0, 0.1) is 0 Å². The second kappa shape index (κ2) is 8.27. The first kappa shape index (κ1) is 18.9. The lowest BCUT2D eigenvalue weighted by Crippen LogP contribution is -2.45. The minimum atomic E-state index is -0.545. The summed E-state index contributed by atoms with van der Waals surface area (Å²) in [6.45, 7) is 0.507. The fraction of sp³-hybridized carbons (Fsp3) is 0.211. The molecule has 1 aliphatic rings. The predicted octanol–water partition coefficient (Wildman–Crippen LogP) is 2.95. The second-order valence-electron chi connectivity index (χ2n) is 6.55. The number of nitrogens with zero attached hydrogens (tertiary/aromatic N) is 5. The number of likely N-dealkylation sites (tertiary alicyclic amines) is 1. The molecule has 1 atom stereocenters. The van der Waals surface area contributed by atoms with Gasteiger partial charge in [0, 0.05) is 12.2 Å². The number of hydrogen-bond acceptors (Lipinski definition) is 5. The number of anilines is 2. The highest BCUT2D eigenvalue weighted by molar-refractivity contribution is 6.33. The molecule has 1 fully saturated rings. The van der Waals surface area contributed by atoms with Gasteiger partial charge in [0.15, 0.2) is 0 Å². The number of nitrogens with one attached hydrogen (secondary N) is 2. The summed E-state index contributed by atoms with van der Waals surface area (Å²) >= 11 is 6.10. The summed E-state index contributed by atoms with van der Waals surface area (Å²) in [6, 6.07) is 13.2. The van der Waals surface area contributed by atoms with Crippen LogP contribution >= 0.6 is 11.6 Å². The van der Waals surface area contributed by atoms with Crippen molar-refractivity contribution >= 4 is 34.9 Å². The fourth-order valence-electron chi connectivity index (χ4n) is 3.23. The number of urea groups is 1. The van der Waals surface area contributed by atoms with Crippen molar-refractivity contribution in [1.29, 1.82) is 0 Å². The summed E-state index contributed by atoms with van der Waals surface area (Å²) in [4.78, 5) is 27.0. The molecule has 0 unspecified atom stereocenters. The van der Waals surface area contributed by atoms with E-state index in [0.717, 1.165) is 12.1 Å². The summed E-state index contributed by atoms with van der Waals surface area (Å²) in [5.74, 6) is -0.230. The molecule has 0 bridgehead atoms. The molecule has 2 heterocycles. The summed E-state index contributed by atoms with van der Waals surface area (Å²) in [5.41, 5.74) is 1.92. The van der Waals surface area contributed by atoms with E-state index in [1.807, 2.05) is 0 Å². The van der Waals surface area contributed by atoms with Crippen LogP contribution in [0.4, 0.5) is 16.2 Å². The van der Waals surface area contributed by atoms with Crippen LogP contribution in [-0.4, -0.2) is 49.6 Å². The van der Waals surface area contributed by atoms with Crippen molar-refractivity contribution in [2.45, 2.75) is 18.9 Å². The molecule has 148 valence electrons. The maximum Gasteiger partial charge on any atom is 0.322 e. The van der Waals surface area contributed by atoms with Gasteiger partial charge in [-0.1, -0.05) is 23.7 Å². The highest BCUT2D eigenvalue weighted by Crippen LogP contribution is 2.24. The highest BCUT2D eigenvalue weighted by Gasteiger charge is 2.34. The van der Waals surface area contributed by atoms with Gasteiger partial charge in [0.25, 0.3) is 0 Å². The molecule has 1 aromatic heterocycles. The molecule has 0 saturated carbocycles. The molecule has 0 aliphatic carbocycles. The van der Waals surface area contributed by atoms with E-state index >= 15 is 0 Å². The molecule has 2 N–H and O–H groups in total. The predicted molar refractivity (Wildman–Crippen MR) is 108 cm³/mol. The Morgan fingerprint density at radius 1 is 1.07 bits per heavy atom. The Morgan fingerprint density at radius 2 is 1.86 bits per heavy atom. The maximum atomic E-state index is 12.8. The molecule has 2 aromatic carbocycles. The van der Waals surface area contributed by atoms with Crippen molar-refractivity contribution < 1.29 is 9.59 Å². The van der Waals surface area contributed by atoms with Crippen molar-refractivity contribution in [3.63, 3.8) is 0 Å². The number of tetrazole rings is 1. The third kappa shape index (κ3) is 4.19. The number of carbonyl (C=O) groups is 2. The van der Waals surface area contributed by atoms with Crippen molar-refractivity contribution in [2.24, 2.45) is 0 Å². The van der Waals surface area contributed by atoms with Crippen LogP contribution in [0.1, 0.15) is 12.8 Å². The van der Waals surface area contributed by atoms with Gasteiger partial charge in [0.2, 0.25) is 5.91 Å². The molecule has 3 amide bonds. The Balaban J connectivity index is 1.41. The monoisotopic (exact) mass is 411 g/mol. The quantitative estimate of drug-likeness (QED) is 0.686. The van der Waals surface area contributed by atoms with Crippen LogP contribution in [-0.2, 0) is 4.79 Å². The highest BCUT2D eigenvalue weighted by atomic mass is 35.5. The Kier molecular flexibility index (Phi) is 5.39. The standard InChI is InChI=1S/C19H18ClN7O2/c20-15-4-1-2-5-16(15)23-19(29)26-11-3-6-17(26)18(28)22-13-7-9-14(10-8-13)27-12-21-24-25-27/h1-2,4-5,7-10,12,17H,3,6,11H2,(H,22,28)(H,23,29)/t17-/m0/s1. The SMILES string of the molecule is O=C(Nc1ccc(-n2cnnn2)cc1)[C@@H]1CCCN1C(=O)Nc1ccccc1Cl. The van der Waals surface area contributed by atoms with Gasteiger partial charge in [-0.3, -0.25) is 4.79 Å². The van der Waals surface area contributed by atoms with Crippen molar-refractivity contribution in [3.8, 4) is 5.69 Å². The first-order valence-corrected chi connectivity index (χ1v) is 9.46. The zero-order valence-corrected chi connectivity index (χ0v) is 16.1. The lowest BCUT2D eigenvalue weighted by Gasteiger charge is -2.24. The summed E-state index contributed by atoms with van der Waals surface area (Å²) < 4.78 is 1.52. The van der Waals surface area contributed by atoms with E-state index in [4.69, 9.17) is 11.6 Å². The number of aromatic nitrogens is 4. The van der Waals surface area contributed by atoms with Gasteiger partial charge in [0.05, 0.1) is 16.4 Å². The first-order chi connectivity index (χ1) is 14.1. The summed E-state index contributed by atoms with van der Waals surface area (Å²) in [7, 11) is 0. The molecular weight excluding hydrogens is 394 g/mol. The number of hydrogen-bond donors (Lipinski definition) is 2. The van der Waals surface area contributed by atoms with Gasteiger partial charge in [-0.2, -0.15) is 0 Å². The number of benzene rings is 2. The number of carbonyl (C=O) groups excluding carboxylic acids is 2. The molecular formula is C19H18ClN7O2. The number of para-hydroxylation sites is 1. The fourth-order valence-corrected chi connectivity index (χ4v) is 3.42. The lowest BCUT2D eigenvalue weighted by molar-refractivity contribution is -0.119. The largest absolute Gasteiger partial charge is 0.324 e. The Morgan fingerprint density at radius 3 is 2.59 bits per heavy atom. The van der Waals surface area contributed by atoms with Crippen LogP contribution in [0.5, 0.6) is 0 Å². The molecule has 0 spiro atoms. The zero-order valence-electron chi connectivity index (χ0n) is 15.3. The van der Waals surface area contributed by atoms with Crippen LogP contribution < -0.4 is 10.6 Å². The van der Waals surface area contributed by atoms with Crippen LogP contribution in [0.25, 0.3) is 5.69 Å². The van der Waals surface area contributed by atoms with E-state index in [1.54, 1.807) is 48.5 Å². The van der Waals surface area contributed by atoms with Gasteiger partial charge in [-0.15, -0.1) is 5.10 Å². The molecule has 3 aromatic rings. The lowest BCUT2D eigenvalue weighted by atomic mass is 10.2. The first-order valence-electron chi connectivity index (χ1n) is 9.08. The zero-order chi connectivity index (χ0) is 20.2. The van der Waals surface area contributed by atoms with E-state index < -0.39 is 6.04 Å². The van der Waals surface area contributed by atoms with Crippen molar-refractivity contribution in [3.05, 3.63) is 59.9 Å². The average Bonchev–Trinajstić information content (AvgIpc) is 3.42. The molecule has 4 rings (SSSR count). The number of halogens is 1. The van der Waals surface area contributed by atoms with Gasteiger partial charge >= 0.3 is 6.03 Å².